The van der Waals surface area contributed by atoms with Crippen LogP contribution in [-0.4, -0.2) is 17.2 Å². The highest BCUT2D eigenvalue weighted by Crippen LogP contribution is 2.27. The summed E-state index contributed by atoms with van der Waals surface area (Å²) in [5.74, 6) is 1.09. The molecule has 1 fully saturated rings. The minimum Gasteiger partial charge on any atom is -0.302 e. The van der Waals surface area contributed by atoms with Gasteiger partial charge in [0.05, 0.1) is 5.75 Å². The molecule has 0 aromatic rings. The van der Waals surface area contributed by atoms with Crippen LogP contribution in [0, 0.1) is 5.92 Å². The van der Waals surface area contributed by atoms with Crippen molar-refractivity contribution in [3.8, 4) is 0 Å². The van der Waals surface area contributed by atoms with Crippen LogP contribution in [0.2, 0.25) is 0 Å². The first-order valence-electron chi connectivity index (χ1n) is 5.42. The molecule has 0 aromatic carbocycles. The molecule has 80 valence electrons. The van der Waals surface area contributed by atoms with Gasteiger partial charge in [-0.1, -0.05) is 43.9 Å². The fraction of sp³-hybridized carbons (Fsp3) is 0.818. The van der Waals surface area contributed by atoms with Gasteiger partial charge >= 0.3 is 0 Å². The van der Waals surface area contributed by atoms with E-state index in [0.29, 0.717) is 12.2 Å². The molecule has 0 bridgehead atoms. The average Bonchev–Trinajstić information content (AvgIpc) is 2.25. The Morgan fingerprint density at radius 2 is 2.00 bits per heavy atom. The van der Waals surface area contributed by atoms with Gasteiger partial charge in [-0.15, -0.1) is 0 Å². The van der Waals surface area contributed by atoms with E-state index in [0.717, 1.165) is 30.4 Å². The predicted octanol–water partition coefficient (Wildman–Crippen LogP) is 2.81. The van der Waals surface area contributed by atoms with Crippen LogP contribution in [-0.2, 0) is 9.59 Å². The Morgan fingerprint density at radius 3 is 2.64 bits per heavy atom. The van der Waals surface area contributed by atoms with Gasteiger partial charge in [-0.05, 0) is 12.3 Å². The van der Waals surface area contributed by atoms with Gasteiger partial charge in [-0.3, -0.25) is 4.79 Å². The van der Waals surface area contributed by atoms with Gasteiger partial charge in [0.1, 0.15) is 6.29 Å². The number of carbonyl (C=O) groups is 2. The van der Waals surface area contributed by atoms with Crippen molar-refractivity contribution in [2.45, 2.75) is 44.9 Å². The molecule has 0 atom stereocenters. The van der Waals surface area contributed by atoms with E-state index in [9.17, 15) is 9.59 Å². The lowest BCUT2D eigenvalue weighted by Gasteiger charge is -2.20. The lowest BCUT2D eigenvalue weighted by molar-refractivity contribution is -0.111. The number of thioether (sulfide) groups is 1. The van der Waals surface area contributed by atoms with Gasteiger partial charge in [-0.2, -0.15) is 0 Å². The molecule has 1 rings (SSSR count). The number of hydrogen-bond acceptors (Lipinski definition) is 3. The van der Waals surface area contributed by atoms with Crippen LogP contribution in [0.1, 0.15) is 44.9 Å². The van der Waals surface area contributed by atoms with Crippen LogP contribution in [0.4, 0.5) is 0 Å². The zero-order valence-corrected chi connectivity index (χ0v) is 9.35. The molecule has 0 aliphatic heterocycles. The van der Waals surface area contributed by atoms with Gasteiger partial charge in [0.2, 0.25) is 0 Å². The first-order valence-corrected chi connectivity index (χ1v) is 6.40. The summed E-state index contributed by atoms with van der Waals surface area (Å²) in [5.41, 5.74) is 0. The predicted molar refractivity (Wildman–Crippen MR) is 59.3 cm³/mol. The Hall–Kier alpha value is -0.310. The third-order valence-corrected chi connectivity index (χ3v) is 3.62. The molecule has 0 heterocycles. The normalized spacial score (nSPS) is 18.0. The van der Waals surface area contributed by atoms with Crippen LogP contribution in [0.3, 0.4) is 0 Å². The van der Waals surface area contributed by atoms with E-state index in [1.165, 1.54) is 32.1 Å². The molecule has 0 amide bonds. The third kappa shape index (κ3) is 4.80. The Kier molecular flexibility index (Phi) is 5.92. The molecular weight excluding hydrogens is 196 g/mol. The lowest BCUT2D eigenvalue weighted by atomic mass is 9.86. The molecule has 0 N–H and O–H groups in total. The second kappa shape index (κ2) is 7.04. The molecule has 1 aliphatic rings. The van der Waals surface area contributed by atoms with Gasteiger partial charge in [0.25, 0.3) is 0 Å². The number of rotatable bonds is 5. The maximum Gasteiger partial charge on any atom is 0.189 e. The van der Waals surface area contributed by atoms with Gasteiger partial charge in [0.15, 0.2) is 5.12 Å². The topological polar surface area (TPSA) is 34.1 Å². The maximum atomic E-state index is 11.2. The van der Waals surface area contributed by atoms with Crippen LogP contribution in [0.5, 0.6) is 0 Å². The second-order valence-electron chi connectivity index (χ2n) is 3.89. The minimum absolute atomic E-state index is 0.183. The first kappa shape index (κ1) is 11.8. The third-order valence-electron chi connectivity index (χ3n) is 2.79. The molecule has 0 radical (unpaired) electrons. The summed E-state index contributed by atoms with van der Waals surface area (Å²) in [5, 5.41) is 0.183. The van der Waals surface area contributed by atoms with Crippen molar-refractivity contribution in [2.75, 3.05) is 5.75 Å². The summed E-state index contributed by atoms with van der Waals surface area (Å²) in [4.78, 5) is 21.3. The van der Waals surface area contributed by atoms with Crippen molar-refractivity contribution in [2.24, 2.45) is 5.92 Å². The van der Waals surface area contributed by atoms with Gasteiger partial charge in [-0.25, -0.2) is 0 Å². The molecular formula is C11H18O2S. The van der Waals surface area contributed by atoms with E-state index >= 15 is 0 Å². The maximum absolute atomic E-state index is 11.2. The standard InChI is InChI=1S/C11H18O2S/c12-8-9-14-11(13)7-6-10-4-2-1-3-5-10/h8,10H,1-7,9H2. The van der Waals surface area contributed by atoms with Crippen molar-refractivity contribution in [3.63, 3.8) is 0 Å². The SMILES string of the molecule is O=CCSC(=O)CCC1CCCCC1. The number of hydrogen-bond donors (Lipinski definition) is 0. The number of aldehydes is 1. The molecule has 1 saturated carbocycles. The monoisotopic (exact) mass is 214 g/mol. The Morgan fingerprint density at radius 1 is 1.29 bits per heavy atom. The zero-order valence-electron chi connectivity index (χ0n) is 8.54. The molecule has 0 saturated heterocycles. The van der Waals surface area contributed by atoms with Gasteiger partial charge < -0.3 is 4.79 Å². The molecule has 0 spiro atoms. The summed E-state index contributed by atoms with van der Waals surface area (Å²) in [6.07, 6.45) is 9.11. The largest absolute Gasteiger partial charge is 0.302 e. The highest BCUT2D eigenvalue weighted by atomic mass is 32.2. The summed E-state index contributed by atoms with van der Waals surface area (Å²) >= 11 is 1.16. The van der Waals surface area contributed by atoms with E-state index < -0.39 is 0 Å². The van der Waals surface area contributed by atoms with E-state index in [4.69, 9.17) is 0 Å². The molecule has 1 aliphatic carbocycles. The van der Waals surface area contributed by atoms with E-state index in [1.807, 2.05) is 0 Å². The van der Waals surface area contributed by atoms with Crippen LogP contribution in [0.15, 0.2) is 0 Å². The van der Waals surface area contributed by atoms with E-state index in [2.05, 4.69) is 0 Å². The summed E-state index contributed by atoms with van der Waals surface area (Å²) in [6.45, 7) is 0. The van der Waals surface area contributed by atoms with Crippen molar-refractivity contribution >= 4 is 23.2 Å². The minimum atomic E-state index is 0.183. The lowest BCUT2D eigenvalue weighted by Crippen LogP contribution is -2.08. The molecule has 14 heavy (non-hydrogen) atoms. The highest BCUT2D eigenvalue weighted by molar-refractivity contribution is 8.14. The zero-order chi connectivity index (χ0) is 10.2. The summed E-state index contributed by atoms with van der Waals surface area (Å²) in [7, 11) is 0. The van der Waals surface area contributed by atoms with Crippen molar-refractivity contribution in [1.82, 2.24) is 0 Å². The van der Waals surface area contributed by atoms with Crippen molar-refractivity contribution < 1.29 is 9.59 Å². The fourth-order valence-corrected chi connectivity index (χ4v) is 2.51. The van der Waals surface area contributed by atoms with Crippen LogP contribution in [0.25, 0.3) is 0 Å². The van der Waals surface area contributed by atoms with Crippen molar-refractivity contribution in [3.05, 3.63) is 0 Å². The quantitative estimate of drug-likeness (QED) is 0.660. The molecule has 0 unspecified atom stereocenters. The Labute approximate surface area is 89.8 Å². The fourth-order valence-electron chi connectivity index (χ4n) is 2.00. The summed E-state index contributed by atoms with van der Waals surface area (Å²) in [6, 6.07) is 0. The van der Waals surface area contributed by atoms with Crippen molar-refractivity contribution in [1.29, 1.82) is 0 Å². The highest BCUT2D eigenvalue weighted by Gasteiger charge is 2.14. The number of carbonyl (C=O) groups excluding carboxylic acids is 2. The van der Waals surface area contributed by atoms with E-state index in [-0.39, 0.29) is 5.12 Å². The average molecular weight is 214 g/mol. The first-order chi connectivity index (χ1) is 6.83. The summed E-state index contributed by atoms with van der Waals surface area (Å²) < 4.78 is 0. The van der Waals surface area contributed by atoms with Crippen LogP contribution >= 0.6 is 11.8 Å². The Bertz CT molecular complexity index is 186. The molecule has 0 aromatic heterocycles. The second-order valence-corrected chi connectivity index (χ2v) is 4.97. The van der Waals surface area contributed by atoms with E-state index in [1.54, 1.807) is 0 Å². The Balaban J connectivity index is 2.06. The smallest absolute Gasteiger partial charge is 0.189 e. The van der Waals surface area contributed by atoms with Crippen LogP contribution < -0.4 is 0 Å². The molecule has 2 nitrogen and oxygen atoms in total. The molecule has 3 heteroatoms. The van der Waals surface area contributed by atoms with Gasteiger partial charge in [0, 0.05) is 6.42 Å².